The van der Waals surface area contributed by atoms with Gasteiger partial charge in [0.1, 0.15) is 5.82 Å². The molecule has 1 rings (SSSR count). The summed E-state index contributed by atoms with van der Waals surface area (Å²) in [6, 6.07) is 3.84. The smallest absolute Gasteiger partial charge is 0.103 e. The maximum absolute atomic E-state index is 5.51. The highest BCUT2D eigenvalue weighted by Crippen LogP contribution is 2.01. The number of hydrogen-bond acceptors (Lipinski definition) is 1. The van der Waals surface area contributed by atoms with Gasteiger partial charge in [-0.15, -0.1) is 0 Å². The molecule has 0 atom stereocenters. The van der Waals surface area contributed by atoms with E-state index in [9.17, 15) is 0 Å². The number of anilines is 1. The molecule has 0 aliphatic carbocycles. The fourth-order valence-corrected chi connectivity index (χ4v) is 0.715. The Labute approximate surface area is 48.9 Å². The molecule has 0 radical (unpaired) electrons. The Bertz CT molecular complexity index is 167. The predicted octanol–water partition coefficient (Wildman–Crippen LogP) is 1.09. The van der Waals surface area contributed by atoms with Crippen LogP contribution in [0.25, 0.3) is 0 Å². The minimum Gasteiger partial charge on any atom is -0.385 e. The normalized spacial score (nSPS) is 9.62. The first-order valence-electron chi connectivity index (χ1n) is 2.75. The Morgan fingerprint density at radius 1 is 1.75 bits per heavy atom. The number of rotatable bonds is 1. The van der Waals surface area contributed by atoms with Gasteiger partial charge in [0, 0.05) is 12.7 Å². The number of hydrogen-bond donors (Lipinski definition) is 1. The summed E-state index contributed by atoms with van der Waals surface area (Å²) in [6.07, 6.45) is 1.97. The van der Waals surface area contributed by atoms with Gasteiger partial charge in [-0.1, -0.05) is 0 Å². The van der Waals surface area contributed by atoms with Crippen LogP contribution in [0, 0.1) is 0 Å². The highest BCUT2D eigenvalue weighted by molar-refractivity contribution is 5.29. The van der Waals surface area contributed by atoms with Crippen LogP contribution in [-0.4, -0.2) is 4.57 Å². The number of aromatic nitrogens is 1. The van der Waals surface area contributed by atoms with Gasteiger partial charge < -0.3 is 10.3 Å². The highest BCUT2D eigenvalue weighted by atomic mass is 15.0. The summed E-state index contributed by atoms with van der Waals surface area (Å²) in [6.45, 7) is 3.02. The number of nitrogens with two attached hydrogens (primary N) is 1. The summed E-state index contributed by atoms with van der Waals surface area (Å²) in [7, 11) is 0. The van der Waals surface area contributed by atoms with Crippen LogP contribution in [-0.2, 0) is 6.54 Å². The van der Waals surface area contributed by atoms with Crippen molar-refractivity contribution in [1.29, 1.82) is 0 Å². The van der Waals surface area contributed by atoms with E-state index in [1.807, 2.05) is 22.9 Å². The molecule has 0 saturated carbocycles. The summed E-state index contributed by atoms with van der Waals surface area (Å²) < 4.78 is 1.99. The molecule has 0 aliphatic heterocycles. The summed E-state index contributed by atoms with van der Waals surface area (Å²) in [5, 5.41) is 0. The number of nitrogens with zero attached hydrogens (tertiary/aromatic N) is 1. The van der Waals surface area contributed by atoms with Gasteiger partial charge in [-0.3, -0.25) is 0 Å². The molecule has 0 aromatic carbocycles. The molecule has 44 valence electrons. The quantitative estimate of drug-likeness (QED) is 0.576. The minimum atomic E-state index is 0.840. The Morgan fingerprint density at radius 2 is 2.50 bits per heavy atom. The van der Waals surface area contributed by atoms with E-state index in [0.717, 1.165) is 12.4 Å². The van der Waals surface area contributed by atoms with E-state index in [1.165, 1.54) is 0 Å². The molecule has 0 fully saturated rings. The lowest BCUT2D eigenvalue weighted by molar-refractivity contribution is 0.780. The van der Waals surface area contributed by atoms with E-state index in [-0.39, 0.29) is 0 Å². The van der Waals surface area contributed by atoms with Crippen molar-refractivity contribution in [1.82, 2.24) is 4.57 Å². The van der Waals surface area contributed by atoms with Crippen molar-refractivity contribution in [2.24, 2.45) is 0 Å². The van der Waals surface area contributed by atoms with Crippen molar-refractivity contribution in [3.05, 3.63) is 18.3 Å². The standard InChI is InChI=1S/C6H10N2/c1-2-8-5-3-4-6(8)7/h3-5H,2,7H2,1H3. The van der Waals surface area contributed by atoms with Crippen molar-refractivity contribution in [2.45, 2.75) is 13.5 Å². The van der Waals surface area contributed by atoms with Gasteiger partial charge in [-0.25, -0.2) is 0 Å². The molecule has 2 N–H and O–H groups in total. The largest absolute Gasteiger partial charge is 0.385 e. The van der Waals surface area contributed by atoms with Gasteiger partial charge in [-0.05, 0) is 19.1 Å². The second-order valence-corrected chi connectivity index (χ2v) is 1.72. The van der Waals surface area contributed by atoms with Gasteiger partial charge in [0.25, 0.3) is 0 Å². The van der Waals surface area contributed by atoms with Crippen LogP contribution in [0.1, 0.15) is 6.92 Å². The van der Waals surface area contributed by atoms with Gasteiger partial charge in [0.15, 0.2) is 0 Å². The lowest BCUT2D eigenvalue weighted by Crippen LogP contribution is -1.97. The first-order valence-corrected chi connectivity index (χ1v) is 2.75. The summed E-state index contributed by atoms with van der Waals surface area (Å²) in [5.41, 5.74) is 5.51. The van der Waals surface area contributed by atoms with E-state index in [1.54, 1.807) is 0 Å². The molecule has 0 bridgehead atoms. The van der Waals surface area contributed by atoms with Crippen molar-refractivity contribution >= 4 is 5.82 Å². The van der Waals surface area contributed by atoms with E-state index < -0.39 is 0 Å². The summed E-state index contributed by atoms with van der Waals surface area (Å²) >= 11 is 0. The molecular formula is C6H10N2. The molecule has 0 unspecified atom stereocenters. The molecule has 2 heteroatoms. The second-order valence-electron chi connectivity index (χ2n) is 1.72. The maximum Gasteiger partial charge on any atom is 0.103 e. The molecule has 1 heterocycles. The van der Waals surface area contributed by atoms with Crippen molar-refractivity contribution in [2.75, 3.05) is 5.73 Å². The summed E-state index contributed by atoms with van der Waals surface area (Å²) in [4.78, 5) is 0. The highest BCUT2D eigenvalue weighted by Gasteiger charge is 1.87. The van der Waals surface area contributed by atoms with Gasteiger partial charge in [-0.2, -0.15) is 0 Å². The average Bonchev–Trinajstić information content (AvgIpc) is 2.14. The van der Waals surface area contributed by atoms with E-state index in [4.69, 9.17) is 5.73 Å². The Morgan fingerprint density at radius 3 is 2.75 bits per heavy atom. The molecule has 0 aliphatic rings. The molecule has 8 heavy (non-hydrogen) atoms. The zero-order valence-corrected chi connectivity index (χ0v) is 4.96. The predicted molar refractivity (Wildman–Crippen MR) is 34.5 cm³/mol. The first-order chi connectivity index (χ1) is 3.84. The van der Waals surface area contributed by atoms with E-state index in [0.29, 0.717) is 0 Å². The third-order valence-corrected chi connectivity index (χ3v) is 1.21. The monoisotopic (exact) mass is 110 g/mol. The maximum atomic E-state index is 5.51. The van der Waals surface area contributed by atoms with Gasteiger partial charge >= 0.3 is 0 Å². The lowest BCUT2D eigenvalue weighted by atomic mass is 10.6. The Hall–Kier alpha value is -0.920. The first kappa shape index (κ1) is 5.22. The third-order valence-electron chi connectivity index (χ3n) is 1.21. The van der Waals surface area contributed by atoms with Crippen LogP contribution in [0.3, 0.4) is 0 Å². The van der Waals surface area contributed by atoms with Gasteiger partial charge in [0.2, 0.25) is 0 Å². The van der Waals surface area contributed by atoms with Gasteiger partial charge in [0.05, 0.1) is 0 Å². The molecule has 2 nitrogen and oxygen atoms in total. The summed E-state index contributed by atoms with van der Waals surface area (Å²) in [5.74, 6) is 0.840. The number of aryl methyl sites for hydroxylation is 1. The van der Waals surface area contributed by atoms with Crippen LogP contribution in [0.5, 0.6) is 0 Å². The SMILES string of the molecule is CCn1cccc1N. The third kappa shape index (κ3) is 0.689. The molecule has 0 amide bonds. The van der Waals surface area contributed by atoms with E-state index >= 15 is 0 Å². The van der Waals surface area contributed by atoms with Crippen molar-refractivity contribution in [3.63, 3.8) is 0 Å². The minimum absolute atomic E-state index is 0.840. The zero-order valence-electron chi connectivity index (χ0n) is 4.96. The molecule has 1 aromatic rings. The molecule has 1 aromatic heterocycles. The second kappa shape index (κ2) is 1.90. The average molecular weight is 110 g/mol. The number of nitrogen functional groups attached to an aromatic ring is 1. The Balaban J connectivity index is 2.92. The zero-order chi connectivity index (χ0) is 5.98. The molecule has 0 saturated heterocycles. The van der Waals surface area contributed by atoms with Crippen LogP contribution in [0.15, 0.2) is 18.3 Å². The molecule has 0 spiro atoms. The van der Waals surface area contributed by atoms with Crippen LogP contribution < -0.4 is 5.73 Å². The topological polar surface area (TPSA) is 30.9 Å². The lowest BCUT2D eigenvalue weighted by Gasteiger charge is -1.97. The van der Waals surface area contributed by atoms with Crippen molar-refractivity contribution in [3.8, 4) is 0 Å². The van der Waals surface area contributed by atoms with Crippen LogP contribution in [0.4, 0.5) is 5.82 Å². The van der Waals surface area contributed by atoms with Crippen LogP contribution >= 0.6 is 0 Å². The van der Waals surface area contributed by atoms with E-state index in [2.05, 4.69) is 6.92 Å². The van der Waals surface area contributed by atoms with Crippen LogP contribution in [0.2, 0.25) is 0 Å². The van der Waals surface area contributed by atoms with Crippen molar-refractivity contribution < 1.29 is 0 Å². The fourth-order valence-electron chi connectivity index (χ4n) is 0.715. The molecular weight excluding hydrogens is 100 g/mol. The fraction of sp³-hybridized carbons (Fsp3) is 0.333. The Kier molecular flexibility index (Phi) is 1.24.